The van der Waals surface area contributed by atoms with Gasteiger partial charge in [0.05, 0.1) is 12.0 Å². The van der Waals surface area contributed by atoms with Crippen LogP contribution in [0, 0.1) is 0 Å². The van der Waals surface area contributed by atoms with Crippen LogP contribution < -0.4 is 10.3 Å². The van der Waals surface area contributed by atoms with Gasteiger partial charge in [0.25, 0.3) is 5.56 Å². The topological polar surface area (TPSA) is 55.0 Å². The molecule has 0 saturated carbocycles. The van der Waals surface area contributed by atoms with Crippen LogP contribution in [0.1, 0.15) is 36.6 Å². The molecule has 24 heavy (non-hydrogen) atoms. The maximum Gasteiger partial charge on any atom is 0.260 e. The number of hydrogen-bond donors (Lipinski definition) is 1. The Bertz CT molecular complexity index is 942. The van der Waals surface area contributed by atoms with Crippen molar-refractivity contribution < 1.29 is 4.74 Å². The Morgan fingerprint density at radius 2 is 2.12 bits per heavy atom. The van der Waals surface area contributed by atoms with Gasteiger partial charge in [0, 0.05) is 10.4 Å². The smallest absolute Gasteiger partial charge is 0.260 e. The molecule has 3 aromatic rings. The van der Waals surface area contributed by atoms with Crippen molar-refractivity contribution in [3.05, 3.63) is 45.1 Å². The van der Waals surface area contributed by atoms with Crippen molar-refractivity contribution >= 4 is 21.6 Å². The van der Waals surface area contributed by atoms with Gasteiger partial charge in [-0.05, 0) is 50.3 Å². The lowest BCUT2D eigenvalue weighted by Crippen LogP contribution is -2.10. The van der Waals surface area contributed by atoms with Gasteiger partial charge in [-0.25, -0.2) is 4.98 Å². The number of aromatic nitrogens is 2. The van der Waals surface area contributed by atoms with Gasteiger partial charge in [-0.3, -0.25) is 4.79 Å². The van der Waals surface area contributed by atoms with Gasteiger partial charge in [0.15, 0.2) is 0 Å². The lowest BCUT2D eigenvalue weighted by molar-refractivity contribution is 0.340. The van der Waals surface area contributed by atoms with E-state index in [1.165, 1.54) is 23.3 Å². The normalized spacial score (nSPS) is 14.4. The third-order valence-corrected chi connectivity index (χ3v) is 5.68. The van der Waals surface area contributed by atoms with Crippen LogP contribution in [0.4, 0.5) is 0 Å². The quantitative estimate of drug-likeness (QED) is 0.723. The molecule has 2 heterocycles. The molecule has 0 amide bonds. The highest BCUT2D eigenvalue weighted by Gasteiger charge is 2.19. The van der Waals surface area contributed by atoms with Crippen LogP contribution in [0.3, 0.4) is 0 Å². The van der Waals surface area contributed by atoms with Crippen molar-refractivity contribution in [2.45, 2.75) is 39.0 Å². The van der Waals surface area contributed by atoms with Crippen LogP contribution >= 0.6 is 11.3 Å². The molecule has 1 aromatic carbocycles. The largest absolute Gasteiger partial charge is 0.494 e. The van der Waals surface area contributed by atoms with Crippen LogP contribution in [0.25, 0.3) is 21.6 Å². The third kappa shape index (κ3) is 2.73. The summed E-state index contributed by atoms with van der Waals surface area (Å²) in [5, 5.41) is 0.807. The van der Waals surface area contributed by atoms with Crippen LogP contribution in [0.5, 0.6) is 5.75 Å². The van der Waals surface area contributed by atoms with Gasteiger partial charge in [-0.15, -0.1) is 11.3 Å². The first-order valence-electron chi connectivity index (χ1n) is 8.54. The number of H-pyrrole nitrogens is 1. The lowest BCUT2D eigenvalue weighted by Gasteiger charge is -2.06. The molecular formula is C19H20N2O2S. The van der Waals surface area contributed by atoms with Crippen molar-refractivity contribution in [1.29, 1.82) is 0 Å². The molecule has 0 aliphatic heterocycles. The number of aryl methyl sites for hydroxylation is 2. The molecular weight excluding hydrogens is 320 g/mol. The Labute approximate surface area is 144 Å². The molecule has 124 valence electrons. The molecule has 0 saturated heterocycles. The molecule has 0 radical (unpaired) electrons. The molecule has 0 spiro atoms. The van der Waals surface area contributed by atoms with Crippen LogP contribution in [-0.2, 0) is 12.8 Å². The second kappa shape index (κ2) is 6.40. The summed E-state index contributed by atoms with van der Waals surface area (Å²) in [7, 11) is 0. The molecule has 0 unspecified atom stereocenters. The van der Waals surface area contributed by atoms with Crippen molar-refractivity contribution in [1.82, 2.24) is 9.97 Å². The summed E-state index contributed by atoms with van der Waals surface area (Å²) in [6.07, 6.45) is 5.69. The highest BCUT2D eigenvalue weighted by atomic mass is 32.1. The van der Waals surface area contributed by atoms with Crippen LogP contribution in [0.15, 0.2) is 29.1 Å². The number of thiophene rings is 1. The van der Waals surface area contributed by atoms with Gasteiger partial charge in [0.1, 0.15) is 16.4 Å². The number of ether oxygens (including phenoxy) is 1. The molecule has 0 atom stereocenters. The van der Waals surface area contributed by atoms with Gasteiger partial charge >= 0.3 is 0 Å². The minimum absolute atomic E-state index is 0.0174. The zero-order chi connectivity index (χ0) is 16.5. The zero-order valence-electron chi connectivity index (χ0n) is 13.7. The van der Waals surface area contributed by atoms with E-state index in [0.29, 0.717) is 12.4 Å². The van der Waals surface area contributed by atoms with Crippen LogP contribution in [0.2, 0.25) is 0 Å². The fourth-order valence-electron chi connectivity index (χ4n) is 3.38. The Kier molecular flexibility index (Phi) is 4.10. The van der Waals surface area contributed by atoms with E-state index in [4.69, 9.17) is 9.72 Å². The third-order valence-electron chi connectivity index (χ3n) is 4.49. The average molecular weight is 340 g/mol. The van der Waals surface area contributed by atoms with Crippen molar-refractivity contribution in [3.63, 3.8) is 0 Å². The predicted molar refractivity (Wildman–Crippen MR) is 98.1 cm³/mol. The van der Waals surface area contributed by atoms with E-state index in [0.717, 1.165) is 40.8 Å². The number of aromatic amines is 1. The second-order valence-corrected chi connectivity index (χ2v) is 7.20. The van der Waals surface area contributed by atoms with Crippen molar-refractivity contribution in [3.8, 4) is 17.1 Å². The lowest BCUT2D eigenvalue weighted by atomic mass is 10.1. The summed E-state index contributed by atoms with van der Waals surface area (Å²) in [5.41, 5.74) is 2.09. The minimum Gasteiger partial charge on any atom is -0.494 e. The molecule has 0 fully saturated rings. The Balaban J connectivity index is 1.84. The van der Waals surface area contributed by atoms with Gasteiger partial charge in [-0.2, -0.15) is 0 Å². The van der Waals surface area contributed by atoms with Gasteiger partial charge in [0.2, 0.25) is 0 Å². The molecule has 4 nitrogen and oxygen atoms in total. The van der Waals surface area contributed by atoms with E-state index in [9.17, 15) is 4.79 Å². The van der Waals surface area contributed by atoms with Gasteiger partial charge < -0.3 is 9.72 Å². The van der Waals surface area contributed by atoms with E-state index in [2.05, 4.69) is 4.98 Å². The minimum atomic E-state index is -0.0174. The van der Waals surface area contributed by atoms with Gasteiger partial charge in [-0.1, -0.05) is 18.6 Å². The number of benzene rings is 1. The summed E-state index contributed by atoms with van der Waals surface area (Å²) in [4.78, 5) is 22.6. The molecule has 1 aliphatic carbocycles. The number of nitrogens with zero attached hydrogens (tertiary/aromatic N) is 1. The number of hydrogen-bond acceptors (Lipinski definition) is 4. The maximum absolute atomic E-state index is 12.7. The Morgan fingerprint density at radius 1 is 1.25 bits per heavy atom. The highest BCUT2D eigenvalue weighted by Crippen LogP contribution is 2.33. The summed E-state index contributed by atoms with van der Waals surface area (Å²) in [6.45, 7) is 2.57. The van der Waals surface area contributed by atoms with E-state index < -0.39 is 0 Å². The zero-order valence-corrected chi connectivity index (χ0v) is 14.5. The maximum atomic E-state index is 12.7. The van der Waals surface area contributed by atoms with Crippen molar-refractivity contribution in [2.75, 3.05) is 6.61 Å². The Morgan fingerprint density at radius 3 is 3.00 bits per heavy atom. The number of nitrogens with one attached hydrogen (secondary N) is 1. The standard InChI is InChI=1S/C19H20N2O2S/c1-2-23-13-8-6-7-12(11-13)17-20-18(22)16-14-9-4-3-5-10-15(14)24-19(16)21-17/h6-8,11H,2-5,9-10H2,1H3,(H,20,21,22). The predicted octanol–water partition coefficient (Wildman–Crippen LogP) is 4.32. The summed E-state index contributed by atoms with van der Waals surface area (Å²) in [6, 6.07) is 7.71. The monoisotopic (exact) mass is 340 g/mol. The first kappa shape index (κ1) is 15.4. The van der Waals surface area contributed by atoms with Crippen LogP contribution in [-0.4, -0.2) is 16.6 Å². The van der Waals surface area contributed by atoms with E-state index in [1.54, 1.807) is 11.3 Å². The first-order chi connectivity index (χ1) is 11.8. The van der Waals surface area contributed by atoms with E-state index in [1.807, 2.05) is 31.2 Å². The summed E-state index contributed by atoms with van der Waals surface area (Å²) in [5.74, 6) is 1.41. The SMILES string of the molecule is CCOc1cccc(-c2nc3sc4c(c3c(=O)[nH]2)CCCCC4)c1. The number of rotatable bonds is 3. The molecule has 1 aliphatic rings. The first-order valence-corrected chi connectivity index (χ1v) is 9.35. The second-order valence-electron chi connectivity index (χ2n) is 6.12. The molecule has 1 N–H and O–H groups in total. The number of fused-ring (bicyclic) bond motifs is 3. The Hall–Kier alpha value is -2.14. The molecule has 0 bridgehead atoms. The molecule has 4 rings (SSSR count). The van der Waals surface area contributed by atoms with E-state index >= 15 is 0 Å². The summed E-state index contributed by atoms with van der Waals surface area (Å²) >= 11 is 1.69. The molecule has 2 aromatic heterocycles. The summed E-state index contributed by atoms with van der Waals surface area (Å²) < 4.78 is 5.55. The fourth-order valence-corrected chi connectivity index (χ4v) is 4.64. The fraction of sp³-hybridized carbons (Fsp3) is 0.368. The average Bonchev–Trinajstić information content (AvgIpc) is 2.78. The highest BCUT2D eigenvalue weighted by molar-refractivity contribution is 7.18. The molecule has 5 heteroatoms. The van der Waals surface area contributed by atoms with Crippen molar-refractivity contribution in [2.24, 2.45) is 0 Å². The van der Waals surface area contributed by atoms with E-state index in [-0.39, 0.29) is 5.56 Å².